The van der Waals surface area contributed by atoms with Gasteiger partial charge in [0.1, 0.15) is 5.82 Å². The van der Waals surface area contributed by atoms with Crippen LogP contribution in [0.15, 0.2) is 91.4 Å². The van der Waals surface area contributed by atoms with Gasteiger partial charge in [-0.3, -0.25) is 9.97 Å². The molecule has 1 aliphatic heterocycles. The summed E-state index contributed by atoms with van der Waals surface area (Å²) in [6, 6.07) is 22.0. The molecule has 2 atom stereocenters. The third-order valence-electron chi connectivity index (χ3n) is 5.45. The van der Waals surface area contributed by atoms with E-state index in [9.17, 15) is 4.39 Å². The van der Waals surface area contributed by atoms with Gasteiger partial charge in [0.25, 0.3) is 0 Å². The molecular formula is C24H20FN5S. The van der Waals surface area contributed by atoms with Gasteiger partial charge in [-0.2, -0.15) is 0 Å². The highest BCUT2D eigenvalue weighted by Crippen LogP contribution is 2.40. The Bertz CT molecular complexity index is 1190. The van der Waals surface area contributed by atoms with E-state index in [1.165, 1.54) is 6.07 Å². The van der Waals surface area contributed by atoms with Crippen LogP contribution in [-0.4, -0.2) is 24.5 Å². The molecule has 0 bridgehead atoms. The van der Waals surface area contributed by atoms with Crippen LogP contribution < -0.4 is 5.32 Å². The predicted octanol–water partition coefficient (Wildman–Crippen LogP) is 4.58. The number of hydrogen-bond acceptors (Lipinski definition) is 3. The van der Waals surface area contributed by atoms with Gasteiger partial charge in [0.2, 0.25) is 0 Å². The summed E-state index contributed by atoms with van der Waals surface area (Å²) in [5, 5.41) is 4.05. The van der Waals surface area contributed by atoms with E-state index >= 15 is 0 Å². The molecule has 4 aromatic rings. The van der Waals surface area contributed by atoms with Gasteiger partial charge in [-0.05, 0) is 60.7 Å². The quantitative estimate of drug-likeness (QED) is 0.471. The first kappa shape index (κ1) is 19.4. The summed E-state index contributed by atoms with van der Waals surface area (Å²) in [4.78, 5) is 11.1. The Morgan fingerprint density at radius 3 is 2.42 bits per heavy atom. The summed E-state index contributed by atoms with van der Waals surface area (Å²) in [7, 11) is 0. The van der Waals surface area contributed by atoms with Crippen LogP contribution in [0, 0.1) is 5.82 Å². The van der Waals surface area contributed by atoms with Crippen LogP contribution in [-0.2, 0) is 6.54 Å². The Hall–Kier alpha value is -3.58. The van der Waals surface area contributed by atoms with E-state index in [0.717, 1.165) is 17.1 Å². The molecule has 0 radical (unpaired) electrons. The fourth-order valence-corrected chi connectivity index (χ4v) is 4.37. The Labute approximate surface area is 185 Å². The van der Waals surface area contributed by atoms with Crippen molar-refractivity contribution in [2.24, 2.45) is 0 Å². The lowest BCUT2D eigenvalue weighted by Crippen LogP contribution is -2.30. The number of hydrogen-bond donors (Lipinski definition) is 1. The molecule has 3 aromatic heterocycles. The molecule has 31 heavy (non-hydrogen) atoms. The smallest absolute Gasteiger partial charge is 0.170 e. The maximum atomic E-state index is 14.7. The number of rotatable bonds is 5. The average Bonchev–Trinajstić information content (AvgIpc) is 3.40. The van der Waals surface area contributed by atoms with Crippen LogP contribution in [0.5, 0.6) is 0 Å². The van der Waals surface area contributed by atoms with Crippen LogP contribution >= 0.6 is 12.2 Å². The highest BCUT2D eigenvalue weighted by Gasteiger charge is 2.41. The average molecular weight is 430 g/mol. The second-order valence-electron chi connectivity index (χ2n) is 7.33. The molecule has 1 N–H and O–H groups in total. The van der Waals surface area contributed by atoms with Gasteiger partial charge in [-0.25, -0.2) is 4.39 Å². The normalized spacial score (nSPS) is 18.2. The highest BCUT2D eigenvalue weighted by atomic mass is 32.1. The molecule has 0 spiro atoms. The fraction of sp³-hybridized carbons (Fsp3) is 0.125. The van der Waals surface area contributed by atoms with Crippen molar-refractivity contribution in [3.63, 3.8) is 0 Å². The van der Waals surface area contributed by atoms with Gasteiger partial charge in [-0.1, -0.05) is 24.3 Å². The maximum absolute atomic E-state index is 14.7. The zero-order valence-corrected chi connectivity index (χ0v) is 17.4. The van der Waals surface area contributed by atoms with Crippen LogP contribution in [0.25, 0.3) is 5.69 Å². The van der Waals surface area contributed by atoms with E-state index in [4.69, 9.17) is 12.2 Å². The van der Waals surface area contributed by atoms with Crippen molar-refractivity contribution in [2.75, 3.05) is 0 Å². The first-order valence-electron chi connectivity index (χ1n) is 10.0. The number of pyridine rings is 2. The minimum atomic E-state index is -0.279. The topological polar surface area (TPSA) is 46.0 Å². The number of thiocarbonyl (C=S) groups is 1. The molecule has 5 rings (SSSR count). The molecular weight excluding hydrogens is 409 g/mol. The molecule has 154 valence electrons. The van der Waals surface area contributed by atoms with E-state index in [1.807, 2.05) is 65.4 Å². The molecule has 0 unspecified atom stereocenters. The number of nitrogens with zero attached hydrogens (tertiary/aromatic N) is 4. The summed E-state index contributed by atoms with van der Waals surface area (Å²) < 4.78 is 16.5. The Kier molecular flexibility index (Phi) is 5.18. The van der Waals surface area contributed by atoms with Crippen molar-refractivity contribution in [1.82, 2.24) is 24.8 Å². The van der Waals surface area contributed by atoms with E-state index in [-0.39, 0.29) is 17.9 Å². The second kappa shape index (κ2) is 8.28. The monoisotopic (exact) mass is 429 g/mol. The summed E-state index contributed by atoms with van der Waals surface area (Å²) >= 11 is 5.73. The second-order valence-corrected chi connectivity index (χ2v) is 7.72. The van der Waals surface area contributed by atoms with Crippen LogP contribution in [0.4, 0.5) is 4.39 Å². The standard InChI is InChI=1S/C24H20FN5S/c25-18-9-1-2-11-20(18)29-15-7-12-21(29)23-22(19-10-4-6-14-27-19)28-24(31)30(23)16-17-8-3-5-13-26-17/h1-15,22-23H,16H2,(H,28,31)/t22-,23-/m0/s1. The van der Waals surface area contributed by atoms with Gasteiger partial charge in [-0.15, -0.1) is 0 Å². The summed E-state index contributed by atoms with van der Waals surface area (Å²) in [5.41, 5.74) is 3.20. The lowest BCUT2D eigenvalue weighted by Gasteiger charge is -2.28. The minimum Gasteiger partial charge on any atom is -0.352 e. The highest BCUT2D eigenvalue weighted by molar-refractivity contribution is 7.80. The Morgan fingerprint density at radius 2 is 1.68 bits per heavy atom. The zero-order chi connectivity index (χ0) is 21.2. The summed E-state index contributed by atoms with van der Waals surface area (Å²) in [6.07, 6.45) is 5.42. The van der Waals surface area contributed by atoms with E-state index in [0.29, 0.717) is 17.3 Å². The lowest BCUT2D eigenvalue weighted by atomic mass is 10.0. The molecule has 0 saturated carbocycles. The molecule has 0 aliphatic carbocycles. The molecule has 1 saturated heterocycles. The minimum absolute atomic E-state index is 0.183. The maximum Gasteiger partial charge on any atom is 0.170 e. The summed E-state index contributed by atoms with van der Waals surface area (Å²) in [5.74, 6) is -0.279. The molecule has 0 amide bonds. The van der Waals surface area contributed by atoms with Crippen LogP contribution in [0.3, 0.4) is 0 Å². The number of benzene rings is 1. The molecule has 1 aromatic carbocycles. The SMILES string of the molecule is Fc1ccccc1-n1cccc1[C@H]1[C@H](c2ccccn2)NC(=S)N1Cc1ccccn1. The summed E-state index contributed by atoms with van der Waals surface area (Å²) in [6.45, 7) is 0.531. The lowest BCUT2D eigenvalue weighted by molar-refractivity contribution is 0.299. The first-order valence-corrected chi connectivity index (χ1v) is 10.4. The predicted molar refractivity (Wildman–Crippen MR) is 121 cm³/mol. The van der Waals surface area contributed by atoms with Gasteiger partial charge in [0.05, 0.1) is 35.7 Å². The fourth-order valence-electron chi connectivity index (χ4n) is 4.07. The zero-order valence-electron chi connectivity index (χ0n) is 16.6. The van der Waals surface area contributed by atoms with Gasteiger partial charge < -0.3 is 14.8 Å². The molecule has 1 fully saturated rings. The number of halogens is 1. The number of para-hydroxylation sites is 1. The van der Waals surface area contributed by atoms with Crippen molar-refractivity contribution in [1.29, 1.82) is 0 Å². The van der Waals surface area contributed by atoms with Crippen molar-refractivity contribution < 1.29 is 4.39 Å². The molecule has 7 heteroatoms. The van der Waals surface area contributed by atoms with E-state index < -0.39 is 0 Å². The van der Waals surface area contributed by atoms with Crippen LogP contribution in [0.1, 0.15) is 29.2 Å². The van der Waals surface area contributed by atoms with Gasteiger partial charge in [0, 0.05) is 24.3 Å². The number of aromatic nitrogens is 3. The molecule has 1 aliphatic rings. The first-order chi connectivity index (χ1) is 15.2. The van der Waals surface area contributed by atoms with Crippen molar-refractivity contribution in [2.45, 2.75) is 18.6 Å². The van der Waals surface area contributed by atoms with Crippen molar-refractivity contribution in [3.8, 4) is 5.69 Å². The molecule has 5 nitrogen and oxygen atoms in total. The van der Waals surface area contributed by atoms with Gasteiger partial charge >= 0.3 is 0 Å². The molecule has 4 heterocycles. The Balaban J connectivity index is 1.62. The largest absolute Gasteiger partial charge is 0.352 e. The third-order valence-corrected chi connectivity index (χ3v) is 5.80. The number of nitrogens with one attached hydrogen (secondary N) is 1. The van der Waals surface area contributed by atoms with E-state index in [1.54, 1.807) is 24.5 Å². The van der Waals surface area contributed by atoms with Gasteiger partial charge in [0.15, 0.2) is 5.11 Å². The third kappa shape index (κ3) is 3.68. The van der Waals surface area contributed by atoms with Crippen LogP contribution in [0.2, 0.25) is 0 Å². The van der Waals surface area contributed by atoms with Crippen molar-refractivity contribution >= 4 is 17.3 Å². The Morgan fingerprint density at radius 1 is 0.903 bits per heavy atom. The van der Waals surface area contributed by atoms with Crippen molar-refractivity contribution in [3.05, 3.63) is 114 Å². The van der Waals surface area contributed by atoms with E-state index in [2.05, 4.69) is 20.2 Å².